The van der Waals surface area contributed by atoms with Crippen LogP contribution in [0.3, 0.4) is 0 Å². The molecule has 0 radical (unpaired) electrons. The summed E-state index contributed by atoms with van der Waals surface area (Å²) in [5, 5.41) is 7.40. The molecule has 1 aliphatic carbocycles. The van der Waals surface area contributed by atoms with Gasteiger partial charge >= 0.3 is 6.18 Å². The summed E-state index contributed by atoms with van der Waals surface area (Å²) in [7, 11) is 0. The average Bonchev–Trinajstić information content (AvgIpc) is 3.28. The number of alkyl halides is 3. The number of nitrogens with one attached hydrogen (secondary N) is 3. The lowest BCUT2D eigenvalue weighted by molar-refractivity contribution is -0.213. The number of carbonyl (C=O) groups is 2. The Kier molecular flexibility index (Phi) is 5.45. The van der Waals surface area contributed by atoms with Gasteiger partial charge in [-0.1, -0.05) is 25.3 Å². The van der Waals surface area contributed by atoms with Crippen LogP contribution in [0.2, 0.25) is 0 Å². The van der Waals surface area contributed by atoms with E-state index in [-0.39, 0.29) is 28.7 Å². The van der Waals surface area contributed by atoms with Gasteiger partial charge in [-0.25, -0.2) is 9.97 Å². The van der Waals surface area contributed by atoms with Gasteiger partial charge in [0.2, 0.25) is 5.95 Å². The molecule has 5 rings (SSSR count). The van der Waals surface area contributed by atoms with E-state index in [2.05, 4.69) is 20.6 Å². The summed E-state index contributed by atoms with van der Waals surface area (Å²) in [6, 6.07) is 7.90. The van der Waals surface area contributed by atoms with Crippen LogP contribution >= 0.6 is 0 Å². The summed E-state index contributed by atoms with van der Waals surface area (Å²) in [5.74, 6) is -2.43. The number of benzene rings is 1. The third-order valence-corrected chi connectivity index (χ3v) is 6.80. The van der Waals surface area contributed by atoms with Gasteiger partial charge < -0.3 is 10.6 Å². The molecular weight excluding hydrogens is 461 g/mol. The summed E-state index contributed by atoms with van der Waals surface area (Å²) in [4.78, 5) is 34.3. The molecule has 1 unspecified atom stereocenters. The molecule has 1 aromatic carbocycles. The van der Waals surface area contributed by atoms with Crippen molar-refractivity contribution in [1.82, 2.24) is 19.9 Å². The molecule has 8 nitrogen and oxygen atoms in total. The fourth-order valence-corrected chi connectivity index (χ4v) is 4.81. The highest BCUT2D eigenvalue weighted by Gasteiger charge is 2.67. The molecular formula is C24H25F3N6O2. The van der Waals surface area contributed by atoms with Gasteiger partial charge in [-0.2, -0.15) is 13.2 Å². The SMILES string of the molecule is Cc1cc2nc3n(c2cc1C)C(NC(=O)c1cccc(NC2CCCCC2)n1)(C(F)(F)F)C(=O)N3. The first-order valence-electron chi connectivity index (χ1n) is 11.5. The first-order chi connectivity index (χ1) is 16.6. The lowest BCUT2D eigenvalue weighted by atomic mass is 9.95. The maximum absolute atomic E-state index is 14.6. The van der Waals surface area contributed by atoms with Gasteiger partial charge in [-0.3, -0.25) is 19.5 Å². The molecule has 0 spiro atoms. The van der Waals surface area contributed by atoms with Crippen molar-refractivity contribution in [2.75, 3.05) is 10.6 Å². The zero-order valence-electron chi connectivity index (χ0n) is 19.3. The number of aromatic nitrogens is 3. The maximum Gasteiger partial charge on any atom is 0.440 e. The van der Waals surface area contributed by atoms with Crippen molar-refractivity contribution in [3.05, 3.63) is 47.2 Å². The Balaban J connectivity index is 1.53. The van der Waals surface area contributed by atoms with Crippen LogP contribution in [0.5, 0.6) is 0 Å². The largest absolute Gasteiger partial charge is 0.440 e. The van der Waals surface area contributed by atoms with Gasteiger partial charge in [0.05, 0.1) is 11.0 Å². The fourth-order valence-electron chi connectivity index (χ4n) is 4.81. The van der Waals surface area contributed by atoms with Crippen LogP contribution in [-0.4, -0.2) is 38.6 Å². The number of rotatable bonds is 4. The van der Waals surface area contributed by atoms with E-state index in [0.717, 1.165) is 41.4 Å². The van der Waals surface area contributed by atoms with Crippen LogP contribution in [0.4, 0.5) is 24.9 Å². The van der Waals surface area contributed by atoms with E-state index in [1.54, 1.807) is 25.1 Å². The van der Waals surface area contributed by atoms with Crippen molar-refractivity contribution in [1.29, 1.82) is 0 Å². The predicted octanol–water partition coefficient (Wildman–Crippen LogP) is 4.39. The van der Waals surface area contributed by atoms with Gasteiger partial charge in [0, 0.05) is 6.04 Å². The Morgan fingerprint density at radius 2 is 1.83 bits per heavy atom. The molecule has 2 amide bonds. The van der Waals surface area contributed by atoms with E-state index in [4.69, 9.17) is 0 Å². The molecule has 0 bridgehead atoms. The minimum Gasteiger partial charge on any atom is -0.367 e. The number of amides is 2. The summed E-state index contributed by atoms with van der Waals surface area (Å²) in [6.45, 7) is 3.57. The van der Waals surface area contributed by atoms with Crippen LogP contribution in [0, 0.1) is 13.8 Å². The molecule has 3 N–H and O–H groups in total. The molecule has 1 saturated carbocycles. The maximum atomic E-state index is 14.6. The number of hydrogen-bond acceptors (Lipinski definition) is 5. The average molecular weight is 486 g/mol. The summed E-state index contributed by atoms with van der Waals surface area (Å²) >= 11 is 0. The third kappa shape index (κ3) is 3.78. The summed E-state index contributed by atoms with van der Waals surface area (Å²) in [6.07, 6.45) is 0.0974. The Morgan fingerprint density at radius 3 is 2.54 bits per heavy atom. The predicted molar refractivity (Wildman–Crippen MR) is 124 cm³/mol. The van der Waals surface area contributed by atoms with Crippen LogP contribution in [0.25, 0.3) is 11.0 Å². The normalized spacial score (nSPS) is 20.5. The van der Waals surface area contributed by atoms with Gasteiger partial charge in [0.1, 0.15) is 11.5 Å². The third-order valence-electron chi connectivity index (χ3n) is 6.80. The molecule has 1 atom stereocenters. The molecule has 0 saturated heterocycles. The van der Waals surface area contributed by atoms with E-state index in [1.165, 1.54) is 18.6 Å². The topological polar surface area (TPSA) is 101 Å². The number of nitrogens with zero attached hydrogens (tertiary/aromatic N) is 3. The van der Waals surface area contributed by atoms with Gasteiger partial charge in [0.25, 0.3) is 17.5 Å². The number of anilines is 2. The molecule has 3 heterocycles. The monoisotopic (exact) mass is 486 g/mol. The minimum absolute atomic E-state index is 0.0831. The number of halogens is 3. The lowest BCUT2D eigenvalue weighted by Gasteiger charge is -2.32. The highest BCUT2D eigenvalue weighted by atomic mass is 19.4. The van der Waals surface area contributed by atoms with Crippen molar-refractivity contribution in [2.45, 2.75) is 63.8 Å². The first kappa shape index (κ1) is 23.1. The number of imidazole rings is 1. The van der Waals surface area contributed by atoms with E-state index in [0.29, 0.717) is 5.82 Å². The van der Waals surface area contributed by atoms with Crippen molar-refractivity contribution >= 4 is 34.6 Å². The second-order valence-corrected chi connectivity index (χ2v) is 9.20. The van der Waals surface area contributed by atoms with Gasteiger partial charge in [-0.15, -0.1) is 0 Å². The second-order valence-electron chi connectivity index (χ2n) is 9.20. The molecule has 184 valence electrons. The molecule has 1 aliphatic heterocycles. The molecule has 11 heteroatoms. The van der Waals surface area contributed by atoms with Crippen molar-refractivity contribution in [3.8, 4) is 0 Å². The quantitative estimate of drug-likeness (QED) is 0.508. The molecule has 1 fully saturated rings. The molecule has 2 aliphatic rings. The lowest BCUT2D eigenvalue weighted by Crippen LogP contribution is -2.63. The van der Waals surface area contributed by atoms with Crippen molar-refractivity contribution < 1.29 is 22.8 Å². The first-order valence-corrected chi connectivity index (χ1v) is 11.5. The smallest absolute Gasteiger partial charge is 0.367 e. The van der Waals surface area contributed by atoms with Crippen LogP contribution in [0.1, 0.15) is 53.7 Å². The Bertz CT molecular complexity index is 1330. The Labute approximate surface area is 199 Å². The van der Waals surface area contributed by atoms with Crippen LogP contribution < -0.4 is 16.0 Å². The van der Waals surface area contributed by atoms with E-state index >= 15 is 0 Å². The minimum atomic E-state index is -5.16. The van der Waals surface area contributed by atoms with Crippen LogP contribution in [0.15, 0.2) is 30.3 Å². The standard InChI is InChI=1S/C24H25F3N6O2/c1-13-11-17-18(12-14(13)2)33-22(30-17)31-21(35)23(33,24(25,26)27)32-20(34)16-9-6-10-19(29-16)28-15-7-4-3-5-8-15/h6,9-12,15H,3-5,7-8H2,1-2H3,(H,28,29)(H,32,34)(H,30,31,35). The van der Waals surface area contributed by atoms with Crippen LogP contribution in [-0.2, 0) is 10.5 Å². The number of pyridine rings is 1. The number of carbonyl (C=O) groups excluding carboxylic acids is 2. The van der Waals surface area contributed by atoms with E-state index in [9.17, 15) is 22.8 Å². The second kappa shape index (κ2) is 8.24. The number of aryl methyl sites for hydroxylation is 2. The molecule has 35 heavy (non-hydrogen) atoms. The number of hydrogen-bond donors (Lipinski definition) is 3. The van der Waals surface area contributed by atoms with Crippen molar-refractivity contribution in [2.24, 2.45) is 0 Å². The van der Waals surface area contributed by atoms with E-state index < -0.39 is 23.7 Å². The summed E-state index contributed by atoms with van der Waals surface area (Å²) in [5.41, 5.74) is -1.67. The molecule has 3 aromatic rings. The Morgan fingerprint density at radius 1 is 1.11 bits per heavy atom. The number of fused-ring (bicyclic) bond motifs is 3. The summed E-state index contributed by atoms with van der Waals surface area (Å²) < 4.78 is 44.6. The highest BCUT2D eigenvalue weighted by molar-refractivity contribution is 6.06. The zero-order chi connectivity index (χ0) is 25.0. The van der Waals surface area contributed by atoms with Crippen molar-refractivity contribution in [3.63, 3.8) is 0 Å². The highest BCUT2D eigenvalue weighted by Crippen LogP contribution is 2.44. The van der Waals surface area contributed by atoms with Gasteiger partial charge in [0.15, 0.2) is 0 Å². The van der Waals surface area contributed by atoms with E-state index in [1.807, 2.05) is 12.2 Å². The Hall–Kier alpha value is -3.63. The zero-order valence-corrected chi connectivity index (χ0v) is 19.3. The molecule has 2 aromatic heterocycles. The fraction of sp³-hybridized carbons (Fsp3) is 0.417. The van der Waals surface area contributed by atoms with Gasteiger partial charge in [-0.05, 0) is 62.1 Å².